The molecule has 0 amide bonds. The third-order valence-electron chi connectivity index (χ3n) is 13.1. The maximum absolute atomic E-state index is 12.8. The molecular formula is C30H48O3. The molecule has 0 aliphatic heterocycles. The Balaban J connectivity index is 1.58. The van der Waals surface area contributed by atoms with E-state index in [1.54, 1.807) is 0 Å². The zero-order chi connectivity index (χ0) is 24.2. The van der Waals surface area contributed by atoms with E-state index >= 15 is 0 Å². The van der Waals surface area contributed by atoms with E-state index in [1.165, 1.54) is 24.8 Å². The van der Waals surface area contributed by atoms with Gasteiger partial charge in [-0.3, -0.25) is 4.79 Å². The molecule has 0 unspecified atom stereocenters. The predicted molar refractivity (Wildman–Crippen MR) is 133 cm³/mol. The summed E-state index contributed by atoms with van der Waals surface area (Å²) in [7, 11) is 0. The molecule has 3 heteroatoms. The van der Waals surface area contributed by atoms with E-state index in [1.807, 2.05) is 0 Å². The van der Waals surface area contributed by atoms with E-state index in [9.17, 15) is 15.0 Å². The summed E-state index contributed by atoms with van der Waals surface area (Å²) in [6.07, 6.45) is 10.3. The maximum Gasteiger partial charge on any atom is 0.309 e. The number of carbonyl (C=O) groups is 1. The Hall–Kier alpha value is -0.830. The number of fused-ring (bicyclic) bond motifs is 7. The quantitative estimate of drug-likeness (QED) is 0.436. The number of rotatable bonds is 2. The predicted octanol–water partition coefficient (Wildman–Crippen LogP) is 7.09. The van der Waals surface area contributed by atoms with Crippen molar-refractivity contribution in [3.8, 4) is 0 Å². The molecule has 5 saturated carbocycles. The number of aliphatic carboxylic acids is 1. The molecule has 5 aliphatic carbocycles. The standard InChI is InChI=1S/C30H48O3/c1-18(2)20-10-13-30(25(32)33)15-14-28(6)21(24(20)30)8-9-23-27(5)17-19(31)16-26(3,4)22(27)11-12-29(23,28)7/h19-24,31H,1,8-17H2,2-7H3,(H,32,33)/t19-,20-,21+,22-,23-,24+,27-,28-,29+,30+/m0/s1. The summed E-state index contributed by atoms with van der Waals surface area (Å²) < 4.78 is 0. The lowest BCUT2D eigenvalue weighted by Crippen LogP contribution is -2.66. The molecule has 2 N–H and O–H groups in total. The van der Waals surface area contributed by atoms with Crippen molar-refractivity contribution >= 4 is 5.97 Å². The minimum atomic E-state index is -0.543. The Labute approximate surface area is 201 Å². The van der Waals surface area contributed by atoms with Gasteiger partial charge in [-0.2, -0.15) is 0 Å². The zero-order valence-corrected chi connectivity index (χ0v) is 22.0. The van der Waals surface area contributed by atoms with Gasteiger partial charge in [-0.1, -0.05) is 46.8 Å². The number of hydrogen-bond acceptors (Lipinski definition) is 2. The van der Waals surface area contributed by atoms with Gasteiger partial charge in [-0.25, -0.2) is 0 Å². The van der Waals surface area contributed by atoms with Crippen LogP contribution < -0.4 is 0 Å². The fourth-order valence-corrected chi connectivity index (χ4v) is 11.8. The summed E-state index contributed by atoms with van der Waals surface area (Å²) in [5.41, 5.74) is 1.40. The van der Waals surface area contributed by atoms with Crippen molar-refractivity contribution in [3.05, 3.63) is 12.2 Å². The number of aliphatic hydroxyl groups is 1. The second-order valence-electron chi connectivity index (χ2n) is 14.7. The largest absolute Gasteiger partial charge is 0.481 e. The molecular weight excluding hydrogens is 408 g/mol. The number of hydrogen-bond donors (Lipinski definition) is 2. The molecule has 5 aliphatic rings. The molecule has 0 saturated heterocycles. The van der Waals surface area contributed by atoms with Gasteiger partial charge in [0, 0.05) is 0 Å². The molecule has 5 rings (SSSR count). The minimum Gasteiger partial charge on any atom is -0.481 e. The van der Waals surface area contributed by atoms with Crippen molar-refractivity contribution in [2.45, 2.75) is 112 Å². The maximum atomic E-state index is 12.8. The topological polar surface area (TPSA) is 57.5 Å². The zero-order valence-electron chi connectivity index (χ0n) is 22.0. The number of carboxylic acid groups (broad SMARTS) is 1. The molecule has 10 atom stereocenters. The average molecular weight is 457 g/mol. The van der Waals surface area contributed by atoms with Crippen molar-refractivity contribution < 1.29 is 15.0 Å². The highest BCUT2D eigenvalue weighted by Crippen LogP contribution is 2.77. The second-order valence-corrected chi connectivity index (χ2v) is 14.7. The number of carboxylic acids is 1. The Morgan fingerprint density at radius 1 is 0.848 bits per heavy atom. The summed E-state index contributed by atoms with van der Waals surface area (Å²) in [6.45, 7) is 18.9. The Bertz CT molecular complexity index is 861. The van der Waals surface area contributed by atoms with Crippen LogP contribution in [0.15, 0.2) is 12.2 Å². The Morgan fingerprint density at radius 2 is 1.55 bits per heavy atom. The van der Waals surface area contributed by atoms with Crippen molar-refractivity contribution in [3.63, 3.8) is 0 Å². The Morgan fingerprint density at radius 3 is 2.18 bits per heavy atom. The molecule has 0 bridgehead atoms. The molecule has 0 aromatic rings. The molecule has 0 aromatic heterocycles. The number of aliphatic hydroxyl groups excluding tert-OH is 1. The highest BCUT2D eigenvalue weighted by atomic mass is 16.4. The third-order valence-corrected chi connectivity index (χ3v) is 13.1. The van der Waals surface area contributed by atoms with Crippen LogP contribution >= 0.6 is 0 Å². The van der Waals surface area contributed by atoms with Gasteiger partial charge in [-0.05, 0) is 122 Å². The fraction of sp³-hybridized carbons (Fsp3) is 0.900. The monoisotopic (exact) mass is 456 g/mol. The average Bonchev–Trinajstić information content (AvgIpc) is 3.08. The van der Waals surface area contributed by atoms with E-state index in [0.717, 1.165) is 44.9 Å². The normalized spacial score (nSPS) is 55.0. The smallest absolute Gasteiger partial charge is 0.309 e. The van der Waals surface area contributed by atoms with Gasteiger partial charge >= 0.3 is 5.97 Å². The van der Waals surface area contributed by atoms with Crippen LogP contribution in [0.25, 0.3) is 0 Å². The molecule has 0 heterocycles. The van der Waals surface area contributed by atoms with Crippen LogP contribution in [0.1, 0.15) is 106 Å². The molecule has 0 aromatic carbocycles. The van der Waals surface area contributed by atoms with E-state index in [0.29, 0.717) is 23.7 Å². The van der Waals surface area contributed by atoms with E-state index < -0.39 is 11.4 Å². The van der Waals surface area contributed by atoms with Crippen LogP contribution in [0.2, 0.25) is 0 Å². The summed E-state index contributed by atoms with van der Waals surface area (Å²) in [5.74, 6) is 1.80. The van der Waals surface area contributed by atoms with Crippen LogP contribution in [0, 0.1) is 56.7 Å². The van der Waals surface area contributed by atoms with Gasteiger partial charge < -0.3 is 10.2 Å². The van der Waals surface area contributed by atoms with Crippen LogP contribution in [-0.2, 0) is 4.79 Å². The first-order valence-corrected chi connectivity index (χ1v) is 13.8. The first-order chi connectivity index (χ1) is 15.2. The second kappa shape index (κ2) is 7.11. The molecule has 0 radical (unpaired) electrons. The summed E-state index contributed by atoms with van der Waals surface area (Å²) >= 11 is 0. The SMILES string of the molecule is C=C(C)[C@@H]1CC[C@@]2(C(=O)O)CC[C@@]3(C)[C@H](CC[C@H]4[C@@]5(C)C[C@@H](O)CC(C)(C)[C@@H]5CC[C@]43C)[C@@H]12. The fourth-order valence-electron chi connectivity index (χ4n) is 11.8. The lowest BCUT2D eigenvalue weighted by atomic mass is 9.32. The van der Waals surface area contributed by atoms with Crippen LogP contribution in [-0.4, -0.2) is 22.3 Å². The van der Waals surface area contributed by atoms with Crippen molar-refractivity contribution in [1.82, 2.24) is 0 Å². The summed E-state index contributed by atoms with van der Waals surface area (Å²) in [4.78, 5) is 12.8. The molecule has 5 fully saturated rings. The van der Waals surface area contributed by atoms with Crippen LogP contribution in [0.3, 0.4) is 0 Å². The lowest BCUT2D eigenvalue weighted by Gasteiger charge is -2.72. The molecule has 0 spiro atoms. The van der Waals surface area contributed by atoms with Gasteiger partial charge in [0.25, 0.3) is 0 Å². The molecule has 3 nitrogen and oxygen atoms in total. The highest BCUT2D eigenvalue weighted by Gasteiger charge is 2.71. The summed E-state index contributed by atoms with van der Waals surface area (Å²) in [5, 5.41) is 21.5. The van der Waals surface area contributed by atoms with Gasteiger partial charge in [0.15, 0.2) is 0 Å². The van der Waals surface area contributed by atoms with Crippen molar-refractivity contribution in [2.24, 2.45) is 56.7 Å². The lowest BCUT2D eigenvalue weighted by molar-refractivity contribution is -0.246. The van der Waals surface area contributed by atoms with Crippen molar-refractivity contribution in [2.75, 3.05) is 0 Å². The minimum absolute atomic E-state index is 0.165. The van der Waals surface area contributed by atoms with Crippen molar-refractivity contribution in [1.29, 1.82) is 0 Å². The van der Waals surface area contributed by atoms with Gasteiger partial charge in [0.1, 0.15) is 0 Å². The van der Waals surface area contributed by atoms with Crippen LogP contribution in [0.5, 0.6) is 0 Å². The first-order valence-electron chi connectivity index (χ1n) is 13.8. The van der Waals surface area contributed by atoms with E-state index in [2.05, 4.69) is 48.1 Å². The third kappa shape index (κ3) is 2.87. The van der Waals surface area contributed by atoms with E-state index in [4.69, 9.17) is 0 Å². The molecule has 186 valence electrons. The Kier molecular flexibility index (Phi) is 5.15. The van der Waals surface area contributed by atoms with Gasteiger partial charge in [0.05, 0.1) is 11.5 Å². The summed E-state index contributed by atoms with van der Waals surface area (Å²) in [6, 6.07) is 0. The van der Waals surface area contributed by atoms with Crippen LogP contribution in [0.4, 0.5) is 0 Å². The van der Waals surface area contributed by atoms with E-state index in [-0.39, 0.29) is 33.7 Å². The van der Waals surface area contributed by atoms with Gasteiger partial charge in [0.2, 0.25) is 0 Å². The number of allylic oxidation sites excluding steroid dienone is 1. The van der Waals surface area contributed by atoms with Gasteiger partial charge in [-0.15, -0.1) is 0 Å². The molecule has 33 heavy (non-hydrogen) atoms. The first kappa shape index (κ1) is 23.9. The highest BCUT2D eigenvalue weighted by molar-refractivity contribution is 5.76.